The number of rotatable bonds is 5. The molecule has 9 heteroatoms. The van der Waals surface area contributed by atoms with E-state index in [0.29, 0.717) is 23.7 Å². The summed E-state index contributed by atoms with van der Waals surface area (Å²) in [5.74, 6) is -2.28. The largest absolute Gasteiger partial charge is 0.478 e. The number of carboxylic acids is 2. The molecule has 0 unspecified atom stereocenters. The molecule has 4 rings (SSSR count). The predicted molar refractivity (Wildman–Crippen MR) is 107 cm³/mol. The fourth-order valence-electron chi connectivity index (χ4n) is 2.96. The van der Waals surface area contributed by atoms with Crippen LogP contribution in [0.1, 0.15) is 12.8 Å². The Morgan fingerprint density at radius 3 is 2.40 bits per heavy atom. The van der Waals surface area contributed by atoms with Crippen molar-refractivity contribution in [1.82, 2.24) is 15.1 Å². The highest BCUT2D eigenvalue weighted by Gasteiger charge is 2.20. The van der Waals surface area contributed by atoms with Crippen LogP contribution in [0, 0.1) is 5.82 Å². The van der Waals surface area contributed by atoms with Crippen LogP contribution in [0.5, 0.6) is 5.88 Å². The third-order valence-corrected chi connectivity index (χ3v) is 4.27. The summed E-state index contributed by atoms with van der Waals surface area (Å²) in [7, 11) is 0. The number of fused-ring (bicyclic) bond motifs is 1. The number of hydrogen-bond acceptors (Lipinski definition) is 5. The SMILES string of the molecule is Fc1ccccc1-n1nc(O[C@@H]2CCCN2)c2ccccc21.O=C(O)/C=C\C(=O)O. The van der Waals surface area contributed by atoms with Gasteiger partial charge in [0.05, 0.1) is 10.9 Å². The number of aromatic nitrogens is 2. The molecule has 0 radical (unpaired) electrons. The van der Waals surface area contributed by atoms with Crippen molar-refractivity contribution < 1.29 is 28.9 Å². The van der Waals surface area contributed by atoms with E-state index < -0.39 is 11.9 Å². The number of benzene rings is 2. The maximum atomic E-state index is 14.1. The van der Waals surface area contributed by atoms with Crippen molar-refractivity contribution >= 4 is 22.8 Å². The van der Waals surface area contributed by atoms with Gasteiger partial charge in [-0.15, -0.1) is 5.10 Å². The van der Waals surface area contributed by atoms with Crippen LogP contribution >= 0.6 is 0 Å². The minimum atomic E-state index is -1.26. The number of halogens is 1. The number of nitrogens with one attached hydrogen (secondary N) is 1. The number of nitrogens with zero attached hydrogens (tertiary/aromatic N) is 2. The Balaban J connectivity index is 0.000000275. The molecule has 1 aliphatic rings. The third-order valence-electron chi connectivity index (χ3n) is 4.27. The molecule has 3 aromatic rings. The fraction of sp³-hybridized carbons (Fsp3) is 0.190. The van der Waals surface area contributed by atoms with E-state index in [-0.39, 0.29) is 12.0 Å². The normalized spacial score (nSPS) is 15.7. The molecular formula is C21H20FN3O5. The Morgan fingerprint density at radius 1 is 1.10 bits per heavy atom. The van der Waals surface area contributed by atoms with Crippen molar-refractivity contribution in [1.29, 1.82) is 0 Å². The molecule has 0 saturated carbocycles. The van der Waals surface area contributed by atoms with Crippen LogP contribution in [0.2, 0.25) is 0 Å². The molecule has 0 spiro atoms. The van der Waals surface area contributed by atoms with E-state index in [0.717, 1.165) is 30.3 Å². The summed E-state index contributed by atoms with van der Waals surface area (Å²) in [6, 6.07) is 14.3. The van der Waals surface area contributed by atoms with Crippen molar-refractivity contribution in [2.45, 2.75) is 19.1 Å². The van der Waals surface area contributed by atoms with Crippen molar-refractivity contribution in [3.63, 3.8) is 0 Å². The Labute approximate surface area is 171 Å². The van der Waals surface area contributed by atoms with E-state index >= 15 is 0 Å². The lowest BCUT2D eigenvalue weighted by molar-refractivity contribution is -0.134. The van der Waals surface area contributed by atoms with E-state index in [1.165, 1.54) is 6.07 Å². The topological polar surface area (TPSA) is 114 Å². The van der Waals surface area contributed by atoms with Crippen LogP contribution < -0.4 is 10.1 Å². The zero-order chi connectivity index (χ0) is 21.5. The van der Waals surface area contributed by atoms with Gasteiger partial charge in [0.15, 0.2) is 6.23 Å². The minimum absolute atomic E-state index is 0.0209. The van der Waals surface area contributed by atoms with Crippen molar-refractivity contribution in [2.75, 3.05) is 6.54 Å². The molecule has 156 valence electrons. The fourth-order valence-corrected chi connectivity index (χ4v) is 2.96. The van der Waals surface area contributed by atoms with Gasteiger partial charge in [-0.25, -0.2) is 18.7 Å². The molecule has 3 N–H and O–H groups in total. The molecule has 0 aliphatic carbocycles. The standard InChI is InChI=1S/C17H16FN3O.C4H4O4/c18-13-7-2-4-9-15(13)21-14-8-3-1-6-12(14)17(20-21)22-16-10-5-11-19-16;5-3(6)1-2-4(7)8/h1-4,6-9,16,19H,5,10-11H2;1-2H,(H,5,6)(H,7,8)/b;2-1-/t16-;/m1./s1. The number of para-hydroxylation sites is 2. The summed E-state index contributed by atoms with van der Waals surface area (Å²) >= 11 is 0. The lowest BCUT2D eigenvalue weighted by atomic mass is 10.2. The van der Waals surface area contributed by atoms with Gasteiger partial charge in [0.25, 0.3) is 0 Å². The molecule has 1 saturated heterocycles. The Hall–Kier alpha value is -3.72. The number of carbonyl (C=O) groups is 2. The number of carboxylic acid groups (broad SMARTS) is 2. The van der Waals surface area contributed by atoms with Gasteiger partial charge in [0, 0.05) is 12.2 Å². The predicted octanol–water partition coefficient (Wildman–Crippen LogP) is 2.96. The van der Waals surface area contributed by atoms with E-state index in [2.05, 4.69) is 10.4 Å². The highest BCUT2D eigenvalue weighted by atomic mass is 19.1. The maximum Gasteiger partial charge on any atom is 0.328 e. The quantitative estimate of drug-likeness (QED) is 0.551. The molecule has 1 atom stereocenters. The molecule has 1 aliphatic heterocycles. The van der Waals surface area contributed by atoms with E-state index in [9.17, 15) is 14.0 Å². The smallest absolute Gasteiger partial charge is 0.328 e. The monoisotopic (exact) mass is 413 g/mol. The van der Waals surface area contributed by atoms with Gasteiger partial charge < -0.3 is 14.9 Å². The van der Waals surface area contributed by atoms with Crippen LogP contribution in [0.15, 0.2) is 60.7 Å². The lowest BCUT2D eigenvalue weighted by Gasteiger charge is -2.11. The van der Waals surface area contributed by atoms with Gasteiger partial charge in [0.1, 0.15) is 11.5 Å². The molecule has 1 fully saturated rings. The second-order valence-electron chi connectivity index (χ2n) is 6.40. The van der Waals surface area contributed by atoms with Crippen molar-refractivity contribution in [3.05, 3.63) is 66.5 Å². The van der Waals surface area contributed by atoms with Crippen LogP contribution in [-0.4, -0.2) is 44.7 Å². The lowest BCUT2D eigenvalue weighted by Crippen LogP contribution is -2.27. The maximum absolute atomic E-state index is 14.1. The Kier molecular flexibility index (Phi) is 6.76. The number of ether oxygens (including phenoxy) is 1. The Morgan fingerprint density at radius 2 is 1.77 bits per heavy atom. The van der Waals surface area contributed by atoms with Crippen LogP contribution in [0.25, 0.3) is 16.6 Å². The molecule has 2 aromatic carbocycles. The summed E-state index contributed by atoms with van der Waals surface area (Å²) in [5.41, 5.74) is 1.26. The summed E-state index contributed by atoms with van der Waals surface area (Å²) < 4.78 is 21.7. The van der Waals surface area contributed by atoms with Gasteiger partial charge in [-0.2, -0.15) is 0 Å². The first-order valence-corrected chi connectivity index (χ1v) is 9.22. The van der Waals surface area contributed by atoms with Crippen LogP contribution in [-0.2, 0) is 9.59 Å². The molecule has 30 heavy (non-hydrogen) atoms. The zero-order valence-corrected chi connectivity index (χ0v) is 15.9. The van der Waals surface area contributed by atoms with Crippen LogP contribution in [0.3, 0.4) is 0 Å². The first-order valence-electron chi connectivity index (χ1n) is 9.22. The van der Waals surface area contributed by atoms with Crippen LogP contribution in [0.4, 0.5) is 4.39 Å². The van der Waals surface area contributed by atoms with E-state index in [4.69, 9.17) is 14.9 Å². The minimum Gasteiger partial charge on any atom is -0.478 e. The first kappa shape index (κ1) is 21.0. The zero-order valence-electron chi connectivity index (χ0n) is 15.9. The average Bonchev–Trinajstić information content (AvgIpc) is 3.36. The second kappa shape index (κ2) is 9.66. The molecule has 0 bridgehead atoms. The van der Waals surface area contributed by atoms with Gasteiger partial charge in [-0.3, -0.25) is 5.32 Å². The number of aliphatic carboxylic acids is 2. The number of hydrogen-bond donors (Lipinski definition) is 3. The Bertz CT molecular complexity index is 1060. The van der Waals surface area contributed by atoms with Crippen molar-refractivity contribution in [3.8, 4) is 11.6 Å². The van der Waals surface area contributed by atoms with Gasteiger partial charge in [0.2, 0.25) is 5.88 Å². The van der Waals surface area contributed by atoms with Gasteiger partial charge in [-0.1, -0.05) is 24.3 Å². The highest BCUT2D eigenvalue weighted by molar-refractivity contribution is 5.89. The molecule has 8 nitrogen and oxygen atoms in total. The van der Waals surface area contributed by atoms with Gasteiger partial charge >= 0.3 is 11.9 Å². The molecular weight excluding hydrogens is 393 g/mol. The molecule has 0 amide bonds. The molecule has 2 heterocycles. The van der Waals surface area contributed by atoms with Crippen molar-refractivity contribution in [2.24, 2.45) is 0 Å². The average molecular weight is 413 g/mol. The third kappa shape index (κ3) is 5.21. The summed E-state index contributed by atoms with van der Waals surface area (Å²) in [6.07, 6.45) is 3.15. The van der Waals surface area contributed by atoms with E-state index in [1.54, 1.807) is 22.9 Å². The first-order chi connectivity index (χ1) is 14.5. The highest BCUT2D eigenvalue weighted by Crippen LogP contribution is 2.29. The second-order valence-corrected chi connectivity index (χ2v) is 6.40. The van der Waals surface area contributed by atoms with E-state index in [1.807, 2.05) is 24.3 Å². The summed E-state index contributed by atoms with van der Waals surface area (Å²) in [6.45, 7) is 0.955. The van der Waals surface area contributed by atoms with Gasteiger partial charge in [-0.05, 0) is 43.7 Å². The molecule has 1 aromatic heterocycles. The summed E-state index contributed by atoms with van der Waals surface area (Å²) in [5, 5.41) is 24.3. The summed E-state index contributed by atoms with van der Waals surface area (Å²) in [4.78, 5) is 19.1.